The topological polar surface area (TPSA) is 49.3 Å². The summed E-state index contributed by atoms with van der Waals surface area (Å²) in [5.41, 5.74) is 0.817. The van der Waals surface area contributed by atoms with E-state index in [2.05, 4.69) is 11.9 Å². The minimum atomic E-state index is -0.212. The van der Waals surface area contributed by atoms with Gasteiger partial charge < -0.3 is 10.4 Å². The van der Waals surface area contributed by atoms with E-state index in [-0.39, 0.29) is 5.91 Å². The number of nitrogens with one attached hydrogen (secondary N) is 1. The maximum Gasteiger partial charge on any atom is 0.247 e. The van der Waals surface area contributed by atoms with Gasteiger partial charge in [0.05, 0.1) is 5.76 Å². The van der Waals surface area contributed by atoms with Crippen LogP contribution in [0.25, 0.3) is 0 Å². The summed E-state index contributed by atoms with van der Waals surface area (Å²) in [6, 6.07) is 0. The highest BCUT2D eigenvalue weighted by Crippen LogP contribution is 2.13. The Bertz CT molecular complexity index is 264. The number of hydrogen-bond acceptors (Lipinski definition) is 2. The molecule has 0 aromatic heterocycles. The molecule has 3 heteroatoms. The second-order valence-electron chi connectivity index (χ2n) is 2.54. The number of amides is 1. The van der Waals surface area contributed by atoms with Gasteiger partial charge in [-0.25, -0.2) is 0 Å². The molecule has 0 aromatic rings. The summed E-state index contributed by atoms with van der Waals surface area (Å²) in [5, 5.41) is 11.6. The monoisotopic (exact) mass is 165 g/mol. The third-order valence-electron chi connectivity index (χ3n) is 1.60. The highest BCUT2D eigenvalue weighted by molar-refractivity contribution is 5.88. The minimum Gasteiger partial charge on any atom is -0.512 e. The third-order valence-corrected chi connectivity index (χ3v) is 1.60. The molecular formula is C9H11NO2. The lowest BCUT2D eigenvalue weighted by Gasteiger charge is -2.10. The van der Waals surface area contributed by atoms with Crippen LogP contribution in [0, 0.1) is 0 Å². The first-order valence-electron chi connectivity index (χ1n) is 3.74. The average Bonchev–Trinajstić information content (AvgIpc) is 2.09. The van der Waals surface area contributed by atoms with E-state index in [1.165, 1.54) is 6.08 Å². The fourth-order valence-corrected chi connectivity index (χ4v) is 0.940. The van der Waals surface area contributed by atoms with Crippen LogP contribution in [-0.2, 0) is 4.79 Å². The molecule has 0 spiro atoms. The van der Waals surface area contributed by atoms with Crippen LogP contribution in [0.15, 0.2) is 36.3 Å². The zero-order valence-electron chi connectivity index (χ0n) is 6.71. The quantitative estimate of drug-likeness (QED) is 0.608. The molecule has 1 amide bonds. The number of carbonyl (C=O) groups is 1. The molecule has 1 aliphatic rings. The summed E-state index contributed by atoms with van der Waals surface area (Å²) >= 11 is 0. The van der Waals surface area contributed by atoms with Crippen molar-refractivity contribution in [3.63, 3.8) is 0 Å². The fourth-order valence-electron chi connectivity index (χ4n) is 0.940. The number of aliphatic hydroxyl groups excluding tert-OH is 1. The van der Waals surface area contributed by atoms with Gasteiger partial charge in [-0.05, 0) is 24.6 Å². The van der Waals surface area contributed by atoms with Gasteiger partial charge in [0.1, 0.15) is 0 Å². The van der Waals surface area contributed by atoms with E-state index in [1.54, 1.807) is 12.2 Å². The Labute approximate surface area is 71.1 Å². The maximum atomic E-state index is 10.8. The first-order chi connectivity index (χ1) is 5.72. The zero-order valence-corrected chi connectivity index (χ0v) is 6.71. The lowest BCUT2D eigenvalue weighted by atomic mass is 10.1. The van der Waals surface area contributed by atoms with Crippen LogP contribution >= 0.6 is 0 Å². The van der Waals surface area contributed by atoms with Crippen molar-refractivity contribution < 1.29 is 9.90 Å². The van der Waals surface area contributed by atoms with Crippen LogP contribution in [0.4, 0.5) is 0 Å². The molecule has 0 unspecified atom stereocenters. The molecule has 12 heavy (non-hydrogen) atoms. The van der Waals surface area contributed by atoms with Crippen LogP contribution < -0.4 is 5.32 Å². The summed E-state index contributed by atoms with van der Waals surface area (Å²) < 4.78 is 0. The Morgan fingerprint density at radius 1 is 1.58 bits per heavy atom. The Kier molecular flexibility index (Phi) is 2.69. The highest BCUT2D eigenvalue weighted by atomic mass is 16.3. The summed E-state index contributed by atoms with van der Waals surface area (Å²) in [6.07, 6.45) is 5.76. The van der Waals surface area contributed by atoms with Gasteiger partial charge >= 0.3 is 0 Å². The molecule has 0 bridgehead atoms. The minimum absolute atomic E-state index is 0.212. The molecular weight excluding hydrogens is 154 g/mol. The summed E-state index contributed by atoms with van der Waals surface area (Å²) in [4.78, 5) is 10.8. The fraction of sp³-hybridized carbons (Fsp3) is 0.222. The SMILES string of the molecule is C=CC(=O)NC1=CC=C(O)CC1. The van der Waals surface area contributed by atoms with E-state index in [9.17, 15) is 4.79 Å². The van der Waals surface area contributed by atoms with Gasteiger partial charge in [-0.15, -0.1) is 0 Å². The molecule has 0 aromatic carbocycles. The molecule has 0 atom stereocenters. The number of allylic oxidation sites excluding steroid dienone is 4. The molecule has 0 saturated carbocycles. The van der Waals surface area contributed by atoms with E-state index in [0.717, 1.165) is 5.70 Å². The second kappa shape index (κ2) is 3.76. The molecule has 0 heterocycles. The first-order valence-corrected chi connectivity index (χ1v) is 3.74. The Hall–Kier alpha value is -1.51. The molecule has 0 saturated heterocycles. The molecule has 64 valence electrons. The number of aliphatic hydroxyl groups is 1. The lowest BCUT2D eigenvalue weighted by molar-refractivity contribution is -0.115. The predicted molar refractivity (Wildman–Crippen MR) is 46.4 cm³/mol. The second-order valence-corrected chi connectivity index (χ2v) is 2.54. The van der Waals surface area contributed by atoms with Crippen LogP contribution in [0.2, 0.25) is 0 Å². The Balaban J connectivity index is 2.54. The van der Waals surface area contributed by atoms with Gasteiger partial charge in [-0.2, -0.15) is 0 Å². The van der Waals surface area contributed by atoms with Crippen LogP contribution in [0.3, 0.4) is 0 Å². The molecule has 0 fully saturated rings. The van der Waals surface area contributed by atoms with Gasteiger partial charge in [-0.1, -0.05) is 6.58 Å². The van der Waals surface area contributed by atoms with E-state index in [0.29, 0.717) is 18.6 Å². The van der Waals surface area contributed by atoms with Crippen molar-refractivity contribution in [2.75, 3.05) is 0 Å². The van der Waals surface area contributed by atoms with Crippen LogP contribution in [0.5, 0.6) is 0 Å². The summed E-state index contributed by atoms with van der Waals surface area (Å²) in [5.74, 6) is 0.141. The normalized spacial score (nSPS) is 16.0. The van der Waals surface area contributed by atoms with Crippen molar-refractivity contribution in [3.8, 4) is 0 Å². The number of rotatable bonds is 2. The molecule has 3 nitrogen and oxygen atoms in total. The van der Waals surface area contributed by atoms with Crippen LogP contribution in [0.1, 0.15) is 12.8 Å². The Morgan fingerprint density at radius 2 is 2.33 bits per heavy atom. The molecule has 2 N–H and O–H groups in total. The Morgan fingerprint density at radius 3 is 2.83 bits per heavy atom. The largest absolute Gasteiger partial charge is 0.512 e. The number of hydrogen-bond donors (Lipinski definition) is 2. The van der Waals surface area contributed by atoms with Crippen LogP contribution in [-0.4, -0.2) is 11.0 Å². The van der Waals surface area contributed by atoms with E-state index >= 15 is 0 Å². The average molecular weight is 165 g/mol. The molecule has 1 rings (SSSR count). The van der Waals surface area contributed by atoms with Crippen molar-refractivity contribution in [1.29, 1.82) is 0 Å². The van der Waals surface area contributed by atoms with Gasteiger partial charge in [0, 0.05) is 12.1 Å². The zero-order chi connectivity index (χ0) is 8.97. The smallest absolute Gasteiger partial charge is 0.247 e. The summed E-state index contributed by atoms with van der Waals surface area (Å²) in [6.45, 7) is 3.34. The standard InChI is InChI=1S/C9H11NO2/c1-2-9(12)10-7-3-5-8(11)6-4-7/h2-3,5,11H,1,4,6H2,(H,10,12). The maximum absolute atomic E-state index is 10.8. The van der Waals surface area contributed by atoms with Crippen molar-refractivity contribution in [2.45, 2.75) is 12.8 Å². The molecule has 0 aliphatic heterocycles. The van der Waals surface area contributed by atoms with Crippen molar-refractivity contribution in [3.05, 3.63) is 36.3 Å². The highest BCUT2D eigenvalue weighted by Gasteiger charge is 2.05. The molecule has 1 aliphatic carbocycles. The molecule has 0 radical (unpaired) electrons. The van der Waals surface area contributed by atoms with Crippen molar-refractivity contribution >= 4 is 5.91 Å². The first kappa shape index (κ1) is 8.59. The lowest BCUT2D eigenvalue weighted by Crippen LogP contribution is -2.20. The summed E-state index contributed by atoms with van der Waals surface area (Å²) in [7, 11) is 0. The van der Waals surface area contributed by atoms with Gasteiger partial charge in [-0.3, -0.25) is 4.79 Å². The van der Waals surface area contributed by atoms with E-state index < -0.39 is 0 Å². The van der Waals surface area contributed by atoms with E-state index in [1.807, 2.05) is 0 Å². The van der Waals surface area contributed by atoms with Gasteiger partial charge in [0.15, 0.2) is 0 Å². The number of carbonyl (C=O) groups excluding carboxylic acids is 1. The predicted octanol–water partition coefficient (Wildman–Crippen LogP) is 1.41. The van der Waals surface area contributed by atoms with Crippen molar-refractivity contribution in [2.24, 2.45) is 0 Å². The van der Waals surface area contributed by atoms with Crippen molar-refractivity contribution in [1.82, 2.24) is 5.32 Å². The van der Waals surface area contributed by atoms with E-state index in [4.69, 9.17) is 5.11 Å². The van der Waals surface area contributed by atoms with Gasteiger partial charge in [0.25, 0.3) is 0 Å². The third kappa shape index (κ3) is 2.27. The van der Waals surface area contributed by atoms with Gasteiger partial charge in [0.2, 0.25) is 5.91 Å².